The van der Waals surface area contributed by atoms with E-state index in [1.807, 2.05) is 20.8 Å². The largest absolute Gasteiger partial charge is 0.490 e. The van der Waals surface area contributed by atoms with Crippen LogP contribution in [0.25, 0.3) is 0 Å². The predicted molar refractivity (Wildman–Crippen MR) is 92.8 cm³/mol. The standard InChI is InChI=1S/C17H26N2O5/c1-5-8-23-15-10-13(18-17(20)12(4)7-3)14(19(21)22)11-16(15)24-9-6-2/h10-12H,5-9H2,1-4H3,(H,18,20). The van der Waals surface area contributed by atoms with Gasteiger partial charge < -0.3 is 14.8 Å². The number of nitro benzene ring substituents is 1. The maximum Gasteiger partial charge on any atom is 0.296 e. The minimum atomic E-state index is -0.533. The molecule has 0 aliphatic heterocycles. The Kier molecular flexibility index (Phi) is 8.01. The molecule has 1 amide bonds. The Balaban J connectivity index is 3.23. The quantitative estimate of drug-likeness (QED) is 0.511. The maximum atomic E-state index is 12.1. The monoisotopic (exact) mass is 338 g/mol. The summed E-state index contributed by atoms with van der Waals surface area (Å²) in [6, 6.07) is 2.78. The van der Waals surface area contributed by atoms with Gasteiger partial charge in [-0.1, -0.05) is 27.7 Å². The number of hydrogen-bond acceptors (Lipinski definition) is 5. The van der Waals surface area contributed by atoms with Crippen molar-refractivity contribution in [3.63, 3.8) is 0 Å². The first kappa shape index (κ1) is 19.7. The molecule has 1 N–H and O–H groups in total. The van der Waals surface area contributed by atoms with Crippen molar-refractivity contribution in [2.45, 2.75) is 47.0 Å². The van der Waals surface area contributed by atoms with Gasteiger partial charge in [0, 0.05) is 12.0 Å². The van der Waals surface area contributed by atoms with E-state index in [0.717, 1.165) is 12.8 Å². The van der Waals surface area contributed by atoms with Gasteiger partial charge in [0.05, 0.1) is 24.2 Å². The van der Waals surface area contributed by atoms with Gasteiger partial charge in [0.25, 0.3) is 5.69 Å². The summed E-state index contributed by atoms with van der Waals surface area (Å²) in [5.41, 5.74) is -0.0816. The van der Waals surface area contributed by atoms with Crippen molar-refractivity contribution in [3.8, 4) is 11.5 Å². The van der Waals surface area contributed by atoms with Gasteiger partial charge >= 0.3 is 0 Å². The lowest BCUT2D eigenvalue weighted by molar-refractivity contribution is -0.384. The minimum Gasteiger partial charge on any atom is -0.490 e. The van der Waals surface area contributed by atoms with E-state index in [1.165, 1.54) is 12.1 Å². The Bertz CT molecular complexity index is 574. The van der Waals surface area contributed by atoms with E-state index in [-0.39, 0.29) is 23.2 Å². The highest BCUT2D eigenvalue weighted by molar-refractivity contribution is 5.95. The lowest BCUT2D eigenvalue weighted by Crippen LogP contribution is -2.20. The number of hydrogen-bond donors (Lipinski definition) is 1. The number of nitro groups is 1. The van der Waals surface area contributed by atoms with E-state index in [4.69, 9.17) is 9.47 Å². The highest BCUT2D eigenvalue weighted by Gasteiger charge is 2.23. The summed E-state index contributed by atoms with van der Waals surface area (Å²) in [6.45, 7) is 8.45. The zero-order valence-corrected chi connectivity index (χ0v) is 14.8. The smallest absolute Gasteiger partial charge is 0.296 e. The zero-order chi connectivity index (χ0) is 18.1. The molecule has 7 heteroatoms. The number of nitrogens with zero attached hydrogens (tertiary/aromatic N) is 1. The molecule has 0 aliphatic carbocycles. The van der Waals surface area contributed by atoms with Crippen LogP contribution in [0, 0.1) is 16.0 Å². The summed E-state index contributed by atoms with van der Waals surface area (Å²) >= 11 is 0. The molecule has 7 nitrogen and oxygen atoms in total. The molecule has 0 aromatic heterocycles. The van der Waals surface area contributed by atoms with Gasteiger partial charge in [0.15, 0.2) is 11.5 Å². The Morgan fingerprint density at radius 2 is 1.71 bits per heavy atom. The van der Waals surface area contributed by atoms with E-state index in [2.05, 4.69) is 5.32 Å². The van der Waals surface area contributed by atoms with Crippen molar-refractivity contribution < 1.29 is 19.2 Å². The van der Waals surface area contributed by atoms with Crippen molar-refractivity contribution in [3.05, 3.63) is 22.2 Å². The van der Waals surface area contributed by atoms with Gasteiger partial charge in [-0.05, 0) is 19.3 Å². The summed E-state index contributed by atoms with van der Waals surface area (Å²) in [5.74, 6) is 0.221. The van der Waals surface area contributed by atoms with Gasteiger partial charge in [-0.3, -0.25) is 14.9 Å². The average Bonchev–Trinajstić information content (AvgIpc) is 2.57. The van der Waals surface area contributed by atoms with Crippen molar-refractivity contribution in [2.24, 2.45) is 5.92 Å². The maximum absolute atomic E-state index is 12.1. The van der Waals surface area contributed by atoms with Crippen LogP contribution in [0.4, 0.5) is 11.4 Å². The second-order valence-electron chi connectivity index (χ2n) is 5.57. The first-order valence-electron chi connectivity index (χ1n) is 8.33. The van der Waals surface area contributed by atoms with E-state index >= 15 is 0 Å². The summed E-state index contributed by atoms with van der Waals surface area (Å²) in [7, 11) is 0. The van der Waals surface area contributed by atoms with Crippen LogP contribution in [0.3, 0.4) is 0 Å². The molecule has 0 saturated heterocycles. The van der Waals surface area contributed by atoms with E-state index < -0.39 is 4.92 Å². The first-order valence-corrected chi connectivity index (χ1v) is 8.33. The van der Waals surface area contributed by atoms with Crippen LogP contribution in [0.15, 0.2) is 12.1 Å². The Hall–Kier alpha value is -2.31. The Morgan fingerprint density at radius 1 is 1.17 bits per heavy atom. The first-order chi connectivity index (χ1) is 11.4. The summed E-state index contributed by atoms with van der Waals surface area (Å²) in [6.07, 6.45) is 2.21. The third-order valence-corrected chi connectivity index (χ3v) is 3.50. The number of anilines is 1. The molecule has 1 rings (SSSR count). The number of amides is 1. The number of benzene rings is 1. The summed E-state index contributed by atoms with van der Waals surface area (Å²) in [5, 5.41) is 14.0. The lowest BCUT2D eigenvalue weighted by Gasteiger charge is -2.15. The molecule has 134 valence electrons. The molecule has 0 bridgehead atoms. The molecular weight excluding hydrogens is 312 g/mol. The molecule has 24 heavy (non-hydrogen) atoms. The summed E-state index contributed by atoms with van der Waals surface area (Å²) in [4.78, 5) is 22.9. The van der Waals surface area contributed by atoms with Crippen LogP contribution in [-0.2, 0) is 4.79 Å². The Morgan fingerprint density at radius 3 is 2.17 bits per heavy atom. The van der Waals surface area contributed by atoms with E-state index in [0.29, 0.717) is 31.1 Å². The van der Waals surface area contributed by atoms with Gasteiger partial charge in [0.2, 0.25) is 5.91 Å². The fourth-order valence-corrected chi connectivity index (χ4v) is 1.89. The molecule has 0 saturated carbocycles. The molecular formula is C17H26N2O5. The number of ether oxygens (including phenoxy) is 2. The second kappa shape index (κ2) is 9.75. The molecule has 0 fully saturated rings. The van der Waals surface area contributed by atoms with Crippen LogP contribution in [0.1, 0.15) is 47.0 Å². The Labute approximate surface area is 142 Å². The number of carbonyl (C=O) groups excluding carboxylic acids is 1. The van der Waals surface area contributed by atoms with Crippen molar-refractivity contribution in [1.82, 2.24) is 0 Å². The second-order valence-corrected chi connectivity index (χ2v) is 5.57. The normalized spacial score (nSPS) is 11.7. The highest BCUT2D eigenvalue weighted by Crippen LogP contribution is 2.38. The molecule has 0 heterocycles. The van der Waals surface area contributed by atoms with Gasteiger partial charge in [-0.2, -0.15) is 0 Å². The number of rotatable bonds is 10. The minimum absolute atomic E-state index is 0.125. The third kappa shape index (κ3) is 5.40. The van der Waals surface area contributed by atoms with Crippen molar-refractivity contribution in [1.29, 1.82) is 0 Å². The SMILES string of the molecule is CCCOc1cc(NC(=O)C(C)CC)c([N+](=O)[O-])cc1OCCC. The molecule has 1 aromatic carbocycles. The average molecular weight is 338 g/mol. The molecule has 0 radical (unpaired) electrons. The van der Waals surface area contributed by atoms with Gasteiger partial charge in [-0.25, -0.2) is 0 Å². The van der Waals surface area contributed by atoms with Crippen LogP contribution >= 0.6 is 0 Å². The lowest BCUT2D eigenvalue weighted by atomic mass is 10.1. The predicted octanol–water partition coefficient (Wildman–Crippen LogP) is 4.16. The zero-order valence-electron chi connectivity index (χ0n) is 14.8. The van der Waals surface area contributed by atoms with Gasteiger partial charge in [0.1, 0.15) is 5.69 Å². The van der Waals surface area contributed by atoms with E-state index in [1.54, 1.807) is 6.92 Å². The third-order valence-electron chi connectivity index (χ3n) is 3.50. The van der Waals surface area contributed by atoms with Gasteiger partial charge in [-0.15, -0.1) is 0 Å². The van der Waals surface area contributed by atoms with E-state index in [9.17, 15) is 14.9 Å². The molecule has 1 unspecified atom stereocenters. The molecule has 0 aliphatic rings. The van der Waals surface area contributed by atoms with Crippen LogP contribution in [-0.4, -0.2) is 24.0 Å². The summed E-state index contributed by atoms with van der Waals surface area (Å²) < 4.78 is 11.2. The van der Waals surface area contributed by atoms with Crippen molar-refractivity contribution >= 4 is 17.3 Å². The highest BCUT2D eigenvalue weighted by atomic mass is 16.6. The number of carbonyl (C=O) groups is 1. The van der Waals surface area contributed by atoms with Crippen molar-refractivity contribution in [2.75, 3.05) is 18.5 Å². The van der Waals surface area contributed by atoms with Crippen LogP contribution in [0.5, 0.6) is 11.5 Å². The molecule has 0 spiro atoms. The topological polar surface area (TPSA) is 90.7 Å². The molecule has 1 aromatic rings. The number of nitrogens with one attached hydrogen (secondary N) is 1. The fourth-order valence-electron chi connectivity index (χ4n) is 1.89. The van der Waals surface area contributed by atoms with Crippen LogP contribution < -0.4 is 14.8 Å². The fraction of sp³-hybridized carbons (Fsp3) is 0.588. The van der Waals surface area contributed by atoms with Crippen LogP contribution in [0.2, 0.25) is 0 Å². The molecule has 1 atom stereocenters.